The fraction of sp³-hybridized carbons (Fsp3) is 0.550. The molecule has 0 aliphatic carbocycles. The number of nitrogens with zero attached hydrogens (tertiary/aromatic N) is 1. The van der Waals surface area contributed by atoms with E-state index in [1.807, 2.05) is 26.0 Å². The molecule has 6 nitrogen and oxygen atoms in total. The van der Waals surface area contributed by atoms with Crippen molar-refractivity contribution in [2.75, 3.05) is 12.4 Å². The fourth-order valence-corrected chi connectivity index (χ4v) is 3.08. The van der Waals surface area contributed by atoms with E-state index in [9.17, 15) is 9.59 Å². The number of nitrogens with one attached hydrogen (secondary N) is 2. The lowest BCUT2D eigenvalue weighted by Crippen LogP contribution is -2.24. The molecule has 1 aliphatic rings. The van der Waals surface area contributed by atoms with E-state index in [2.05, 4.69) is 22.8 Å². The van der Waals surface area contributed by atoms with Crippen LogP contribution in [-0.4, -0.2) is 24.6 Å². The van der Waals surface area contributed by atoms with Crippen molar-refractivity contribution < 1.29 is 14.3 Å². The molecule has 142 valence electrons. The standard InChI is InChI=1S/C20H29N3O3/c1-5-6-7-8-9-14-16(26-4)11-10-15-18(14)21-20(25)19(15)23-22-17(24)12-13(2)3/h10-11,13H,5-9,12H2,1-4H3,(H,22,24)(H,21,23,25). The van der Waals surface area contributed by atoms with Crippen LogP contribution in [0.3, 0.4) is 0 Å². The number of methoxy groups -OCH3 is 1. The number of benzene rings is 1. The van der Waals surface area contributed by atoms with Crippen LogP contribution < -0.4 is 15.5 Å². The minimum absolute atomic E-state index is 0.193. The van der Waals surface area contributed by atoms with E-state index in [4.69, 9.17) is 4.74 Å². The van der Waals surface area contributed by atoms with Crippen LogP contribution in [0, 0.1) is 5.92 Å². The molecule has 0 saturated heterocycles. The summed E-state index contributed by atoms with van der Waals surface area (Å²) in [5.41, 5.74) is 5.20. The zero-order chi connectivity index (χ0) is 19.1. The van der Waals surface area contributed by atoms with Crippen molar-refractivity contribution in [2.24, 2.45) is 11.0 Å². The van der Waals surface area contributed by atoms with Gasteiger partial charge in [-0.2, -0.15) is 5.10 Å². The van der Waals surface area contributed by atoms with E-state index in [0.717, 1.165) is 36.3 Å². The summed E-state index contributed by atoms with van der Waals surface area (Å²) in [7, 11) is 1.63. The zero-order valence-electron chi connectivity index (χ0n) is 16.1. The van der Waals surface area contributed by atoms with E-state index in [-0.39, 0.29) is 23.4 Å². The zero-order valence-corrected chi connectivity index (χ0v) is 16.1. The summed E-state index contributed by atoms with van der Waals surface area (Å²) in [6.07, 6.45) is 5.75. The van der Waals surface area contributed by atoms with Gasteiger partial charge in [0.25, 0.3) is 5.91 Å². The Morgan fingerprint density at radius 2 is 2.04 bits per heavy atom. The number of carbonyl (C=O) groups excluding carboxylic acids is 2. The Labute approximate surface area is 155 Å². The first-order valence-corrected chi connectivity index (χ1v) is 9.36. The van der Waals surface area contributed by atoms with Crippen LogP contribution >= 0.6 is 0 Å². The van der Waals surface area contributed by atoms with Gasteiger partial charge in [-0.15, -0.1) is 0 Å². The molecule has 1 aromatic carbocycles. The number of fused-ring (bicyclic) bond motifs is 1. The molecule has 6 heteroatoms. The Balaban J connectivity index is 2.23. The van der Waals surface area contributed by atoms with E-state index >= 15 is 0 Å². The van der Waals surface area contributed by atoms with Crippen molar-refractivity contribution in [2.45, 2.75) is 59.3 Å². The van der Waals surface area contributed by atoms with Crippen LogP contribution in [0.5, 0.6) is 5.75 Å². The molecule has 2 N–H and O–H groups in total. The van der Waals surface area contributed by atoms with Gasteiger partial charge in [-0.3, -0.25) is 9.59 Å². The summed E-state index contributed by atoms with van der Waals surface area (Å²) < 4.78 is 5.48. The van der Waals surface area contributed by atoms with Crippen LogP contribution in [0.25, 0.3) is 0 Å². The highest BCUT2D eigenvalue weighted by atomic mass is 16.5. The molecule has 0 atom stereocenters. The highest BCUT2D eigenvalue weighted by Gasteiger charge is 2.30. The van der Waals surface area contributed by atoms with Crippen LogP contribution in [0.1, 0.15) is 64.0 Å². The molecule has 2 rings (SSSR count). The van der Waals surface area contributed by atoms with Gasteiger partial charge < -0.3 is 10.1 Å². The normalized spacial score (nSPS) is 14.5. The molecule has 0 fully saturated rings. The third-order valence-corrected chi connectivity index (χ3v) is 4.36. The lowest BCUT2D eigenvalue weighted by molar-refractivity contribution is -0.121. The van der Waals surface area contributed by atoms with Crippen molar-refractivity contribution in [1.29, 1.82) is 0 Å². The first-order valence-electron chi connectivity index (χ1n) is 9.36. The van der Waals surface area contributed by atoms with Gasteiger partial charge in [-0.25, -0.2) is 5.43 Å². The highest BCUT2D eigenvalue weighted by Crippen LogP contribution is 2.35. The number of hydrazone groups is 1. The highest BCUT2D eigenvalue weighted by molar-refractivity contribution is 6.54. The molecule has 1 aromatic rings. The maximum absolute atomic E-state index is 12.4. The lowest BCUT2D eigenvalue weighted by Gasteiger charge is -2.13. The van der Waals surface area contributed by atoms with Gasteiger partial charge in [-0.1, -0.05) is 40.0 Å². The Morgan fingerprint density at radius 1 is 1.27 bits per heavy atom. The summed E-state index contributed by atoms with van der Waals surface area (Å²) in [6.45, 7) is 6.10. The van der Waals surface area contributed by atoms with Crippen molar-refractivity contribution in [3.8, 4) is 5.75 Å². The topological polar surface area (TPSA) is 79.8 Å². The minimum Gasteiger partial charge on any atom is -0.496 e. The van der Waals surface area contributed by atoms with Crippen LogP contribution in [0.15, 0.2) is 17.2 Å². The fourth-order valence-electron chi connectivity index (χ4n) is 3.08. The van der Waals surface area contributed by atoms with Gasteiger partial charge in [0.05, 0.1) is 12.8 Å². The average Bonchev–Trinajstić information content (AvgIpc) is 2.91. The third kappa shape index (κ3) is 4.84. The van der Waals surface area contributed by atoms with E-state index in [1.54, 1.807) is 7.11 Å². The Kier molecular flexibility index (Phi) is 7.18. The van der Waals surface area contributed by atoms with E-state index < -0.39 is 0 Å². The second-order valence-corrected chi connectivity index (χ2v) is 7.03. The summed E-state index contributed by atoms with van der Waals surface area (Å²) in [6, 6.07) is 3.68. The summed E-state index contributed by atoms with van der Waals surface area (Å²) in [4.78, 5) is 24.2. The Bertz CT molecular complexity index is 696. The summed E-state index contributed by atoms with van der Waals surface area (Å²) >= 11 is 0. The maximum atomic E-state index is 12.4. The van der Waals surface area contributed by atoms with Crippen LogP contribution in [-0.2, 0) is 16.0 Å². The second-order valence-electron chi connectivity index (χ2n) is 7.03. The number of hydrogen-bond acceptors (Lipinski definition) is 4. The molecule has 26 heavy (non-hydrogen) atoms. The van der Waals surface area contributed by atoms with Crippen molar-refractivity contribution >= 4 is 23.2 Å². The maximum Gasteiger partial charge on any atom is 0.276 e. The van der Waals surface area contributed by atoms with Crippen molar-refractivity contribution in [3.05, 3.63) is 23.3 Å². The molecule has 0 aromatic heterocycles. The molecule has 0 unspecified atom stereocenters. The molecule has 0 bridgehead atoms. The van der Waals surface area contributed by atoms with Gasteiger partial charge in [0.2, 0.25) is 5.91 Å². The average molecular weight is 359 g/mol. The number of rotatable bonds is 9. The number of hydrogen-bond donors (Lipinski definition) is 2. The Hall–Kier alpha value is -2.37. The van der Waals surface area contributed by atoms with Crippen molar-refractivity contribution in [1.82, 2.24) is 5.43 Å². The number of ether oxygens (including phenoxy) is 1. The number of anilines is 1. The van der Waals surface area contributed by atoms with Gasteiger partial charge in [-0.05, 0) is 30.9 Å². The third-order valence-electron chi connectivity index (χ3n) is 4.36. The number of carbonyl (C=O) groups is 2. The van der Waals surface area contributed by atoms with Gasteiger partial charge in [0.1, 0.15) is 5.75 Å². The summed E-state index contributed by atoms with van der Waals surface area (Å²) in [5, 5.41) is 6.96. The second kappa shape index (κ2) is 9.36. The largest absolute Gasteiger partial charge is 0.496 e. The molecule has 1 heterocycles. The quantitative estimate of drug-likeness (QED) is 0.522. The number of unbranched alkanes of at least 4 members (excludes halogenated alkanes) is 3. The van der Waals surface area contributed by atoms with Crippen LogP contribution in [0.4, 0.5) is 5.69 Å². The molecule has 0 spiro atoms. The smallest absolute Gasteiger partial charge is 0.276 e. The van der Waals surface area contributed by atoms with E-state index in [1.165, 1.54) is 12.8 Å². The van der Waals surface area contributed by atoms with E-state index in [0.29, 0.717) is 12.0 Å². The predicted octanol–water partition coefficient (Wildman–Crippen LogP) is 3.64. The molecular weight excluding hydrogens is 330 g/mol. The summed E-state index contributed by atoms with van der Waals surface area (Å²) in [5.74, 6) is 0.513. The first-order chi connectivity index (χ1) is 12.5. The molecule has 0 radical (unpaired) electrons. The molecular formula is C20H29N3O3. The van der Waals surface area contributed by atoms with Crippen molar-refractivity contribution in [3.63, 3.8) is 0 Å². The number of amides is 2. The van der Waals surface area contributed by atoms with Gasteiger partial charge >= 0.3 is 0 Å². The predicted molar refractivity (Wildman–Crippen MR) is 104 cm³/mol. The first kappa shape index (κ1) is 19.9. The molecule has 0 saturated carbocycles. The Morgan fingerprint density at radius 3 is 2.69 bits per heavy atom. The van der Waals surface area contributed by atoms with Gasteiger partial charge in [0, 0.05) is 17.5 Å². The van der Waals surface area contributed by atoms with Crippen LogP contribution in [0.2, 0.25) is 0 Å². The SMILES string of the molecule is CCCCCCc1c(OC)ccc2c1NC(=O)/C2=N\NC(=O)CC(C)C. The lowest BCUT2D eigenvalue weighted by atomic mass is 10.00. The van der Waals surface area contributed by atoms with Gasteiger partial charge in [0.15, 0.2) is 5.71 Å². The minimum atomic E-state index is -0.298. The molecule has 2 amide bonds. The monoisotopic (exact) mass is 359 g/mol. The molecule has 1 aliphatic heterocycles.